The molecule has 0 unspecified atom stereocenters. The minimum Gasteiger partial charge on any atom is -0.307 e. The lowest BCUT2D eigenvalue weighted by Crippen LogP contribution is -2.35. The summed E-state index contributed by atoms with van der Waals surface area (Å²) in [6.45, 7) is 0.425. The van der Waals surface area contributed by atoms with Gasteiger partial charge in [0, 0.05) is 17.8 Å². The van der Waals surface area contributed by atoms with E-state index in [1.165, 1.54) is 4.90 Å². The van der Waals surface area contributed by atoms with E-state index in [2.05, 4.69) is 10.1 Å². The Balaban J connectivity index is 1.68. The molecule has 0 fully saturated rings. The fourth-order valence-electron chi connectivity index (χ4n) is 3.96. The Morgan fingerprint density at radius 3 is 2.50 bits per heavy atom. The highest BCUT2D eigenvalue weighted by Gasteiger charge is 2.37. The number of nitrogens with zero attached hydrogens (tertiary/aromatic N) is 4. The van der Waals surface area contributed by atoms with Crippen molar-refractivity contribution in [2.24, 2.45) is 0 Å². The zero-order valence-corrected chi connectivity index (χ0v) is 17.4. The van der Waals surface area contributed by atoms with Crippen molar-refractivity contribution < 1.29 is 18.0 Å². The molecule has 0 aliphatic carbocycles. The van der Waals surface area contributed by atoms with Crippen LogP contribution in [0.2, 0.25) is 5.02 Å². The summed E-state index contributed by atoms with van der Waals surface area (Å²) in [4.78, 5) is 19.1. The Morgan fingerprint density at radius 1 is 1.03 bits per heavy atom. The fraction of sp³-hybridized carbons (Fsp3) is 0.174. The number of carbonyl (C=O) groups is 1. The summed E-state index contributed by atoms with van der Waals surface area (Å²) in [6, 6.07) is 16.8. The number of aryl methyl sites for hydroxylation is 1. The molecule has 5 rings (SSSR count). The van der Waals surface area contributed by atoms with Crippen molar-refractivity contribution in [3.05, 3.63) is 82.6 Å². The van der Waals surface area contributed by atoms with Gasteiger partial charge in [-0.2, -0.15) is 18.3 Å². The van der Waals surface area contributed by atoms with E-state index < -0.39 is 17.8 Å². The van der Waals surface area contributed by atoms with E-state index in [1.54, 1.807) is 30.3 Å². The molecule has 0 saturated heterocycles. The lowest BCUT2D eigenvalue weighted by Gasteiger charge is -2.28. The third kappa shape index (κ3) is 3.40. The summed E-state index contributed by atoms with van der Waals surface area (Å²) in [5, 5.41) is 3.77. The standard InChI is InChI=1S/C23H16ClF3N4O/c24-19-20(22(32)30-12-6-10-15-9-4-5-11-17(15)30)29-31-18(23(25,26)27)13-16(28-21(19)31)14-7-2-1-3-8-14/h1-5,7-9,11,13H,6,10,12H2. The van der Waals surface area contributed by atoms with Crippen LogP contribution in [-0.2, 0) is 12.6 Å². The second-order valence-corrected chi connectivity index (χ2v) is 7.86. The largest absolute Gasteiger partial charge is 0.433 e. The Bertz CT molecular complexity index is 1330. The van der Waals surface area contributed by atoms with Crippen LogP contribution in [0.3, 0.4) is 0 Å². The van der Waals surface area contributed by atoms with Crippen LogP contribution >= 0.6 is 11.6 Å². The van der Waals surface area contributed by atoms with Gasteiger partial charge in [0.1, 0.15) is 5.02 Å². The van der Waals surface area contributed by atoms with E-state index in [0.717, 1.165) is 24.5 Å². The zero-order valence-electron chi connectivity index (χ0n) is 16.6. The van der Waals surface area contributed by atoms with E-state index >= 15 is 0 Å². The molecule has 1 amide bonds. The van der Waals surface area contributed by atoms with Gasteiger partial charge >= 0.3 is 6.18 Å². The van der Waals surface area contributed by atoms with Gasteiger partial charge in [0.2, 0.25) is 0 Å². The number of rotatable bonds is 2. The highest BCUT2D eigenvalue weighted by atomic mass is 35.5. The number of fused-ring (bicyclic) bond motifs is 2. The quantitative estimate of drug-likeness (QED) is 0.391. The molecule has 2 aromatic carbocycles. The van der Waals surface area contributed by atoms with Crippen LogP contribution in [0, 0.1) is 0 Å². The molecule has 0 atom stereocenters. The summed E-state index contributed by atoms with van der Waals surface area (Å²) in [6.07, 6.45) is -3.17. The van der Waals surface area contributed by atoms with E-state index in [0.29, 0.717) is 22.3 Å². The molecule has 0 radical (unpaired) electrons. The highest BCUT2D eigenvalue weighted by molar-refractivity contribution is 6.37. The van der Waals surface area contributed by atoms with E-state index in [-0.39, 0.29) is 22.1 Å². The molecular formula is C23H16ClF3N4O. The number of hydrogen-bond acceptors (Lipinski definition) is 3. The number of carbonyl (C=O) groups excluding carboxylic acids is 1. The number of hydrogen-bond donors (Lipinski definition) is 0. The van der Waals surface area contributed by atoms with Gasteiger partial charge in [-0.15, -0.1) is 0 Å². The van der Waals surface area contributed by atoms with Crippen LogP contribution in [0.4, 0.5) is 18.9 Å². The average Bonchev–Trinajstić information content (AvgIpc) is 3.14. The number of anilines is 1. The maximum atomic E-state index is 13.9. The number of aromatic nitrogens is 3. The van der Waals surface area contributed by atoms with Gasteiger partial charge in [-0.1, -0.05) is 60.1 Å². The van der Waals surface area contributed by atoms with Crippen LogP contribution in [-0.4, -0.2) is 27.0 Å². The molecule has 1 aliphatic rings. The molecule has 0 bridgehead atoms. The molecule has 32 heavy (non-hydrogen) atoms. The summed E-state index contributed by atoms with van der Waals surface area (Å²) < 4.78 is 42.2. The van der Waals surface area contributed by atoms with Crippen molar-refractivity contribution >= 4 is 28.8 Å². The van der Waals surface area contributed by atoms with Crippen LogP contribution in [0.15, 0.2) is 60.7 Å². The summed E-state index contributed by atoms with van der Waals surface area (Å²) in [5.74, 6) is -0.554. The second kappa shape index (κ2) is 7.63. The van der Waals surface area contributed by atoms with Crippen LogP contribution in [0.1, 0.15) is 28.2 Å². The first-order valence-electron chi connectivity index (χ1n) is 9.96. The van der Waals surface area contributed by atoms with Gasteiger partial charge in [-0.3, -0.25) is 4.79 Å². The first-order valence-corrected chi connectivity index (χ1v) is 10.3. The minimum absolute atomic E-state index is 0.0922. The Morgan fingerprint density at radius 2 is 1.75 bits per heavy atom. The summed E-state index contributed by atoms with van der Waals surface area (Å²) in [7, 11) is 0. The van der Waals surface area contributed by atoms with Gasteiger partial charge in [-0.05, 0) is 30.5 Å². The molecule has 0 spiro atoms. The number of amides is 1. The first kappa shape index (κ1) is 20.5. The second-order valence-electron chi connectivity index (χ2n) is 7.48. The van der Waals surface area contributed by atoms with Crippen LogP contribution in [0.25, 0.3) is 16.9 Å². The maximum absolute atomic E-state index is 13.9. The Hall–Kier alpha value is -3.39. The number of para-hydroxylation sites is 1. The van der Waals surface area contributed by atoms with Gasteiger partial charge in [-0.25, -0.2) is 9.50 Å². The molecule has 9 heteroatoms. The van der Waals surface area contributed by atoms with Crippen LogP contribution < -0.4 is 4.90 Å². The fourth-order valence-corrected chi connectivity index (χ4v) is 4.20. The smallest absolute Gasteiger partial charge is 0.307 e. The normalized spacial score (nSPS) is 13.9. The number of benzene rings is 2. The molecule has 162 valence electrons. The maximum Gasteiger partial charge on any atom is 0.433 e. The average molecular weight is 457 g/mol. The number of halogens is 4. The van der Waals surface area contributed by atoms with Gasteiger partial charge in [0.25, 0.3) is 5.91 Å². The van der Waals surface area contributed by atoms with Crippen molar-refractivity contribution in [2.45, 2.75) is 19.0 Å². The topological polar surface area (TPSA) is 50.5 Å². The molecule has 0 N–H and O–H groups in total. The van der Waals surface area contributed by atoms with Gasteiger partial charge < -0.3 is 4.90 Å². The molecule has 4 aromatic rings. The molecule has 2 aromatic heterocycles. The van der Waals surface area contributed by atoms with Crippen molar-refractivity contribution in [1.82, 2.24) is 14.6 Å². The van der Waals surface area contributed by atoms with Crippen molar-refractivity contribution in [3.8, 4) is 11.3 Å². The Labute approximate surface area is 186 Å². The summed E-state index contributed by atoms with van der Waals surface area (Å²) >= 11 is 6.42. The Kier molecular flexibility index (Phi) is 4.89. The van der Waals surface area contributed by atoms with Gasteiger partial charge in [0.05, 0.1) is 5.69 Å². The van der Waals surface area contributed by atoms with Crippen molar-refractivity contribution in [3.63, 3.8) is 0 Å². The SMILES string of the molecule is O=C(c1nn2c(C(F)(F)F)cc(-c3ccccc3)nc2c1Cl)N1CCCc2ccccc21. The predicted octanol–water partition coefficient (Wildman–Crippen LogP) is 5.66. The molecular weight excluding hydrogens is 441 g/mol. The van der Waals surface area contributed by atoms with Gasteiger partial charge in [0.15, 0.2) is 17.0 Å². The lowest BCUT2D eigenvalue weighted by molar-refractivity contribution is -0.142. The third-order valence-corrected chi connectivity index (χ3v) is 5.80. The summed E-state index contributed by atoms with van der Waals surface area (Å²) in [5.41, 5.74) is 0.769. The lowest BCUT2D eigenvalue weighted by atomic mass is 10.0. The van der Waals surface area contributed by atoms with E-state index in [4.69, 9.17) is 11.6 Å². The van der Waals surface area contributed by atoms with Crippen molar-refractivity contribution in [1.29, 1.82) is 0 Å². The molecule has 3 heterocycles. The third-order valence-electron chi connectivity index (χ3n) is 5.45. The van der Waals surface area contributed by atoms with Crippen molar-refractivity contribution in [2.75, 3.05) is 11.4 Å². The zero-order chi connectivity index (χ0) is 22.5. The molecule has 1 aliphatic heterocycles. The molecule has 5 nitrogen and oxygen atoms in total. The molecule has 0 saturated carbocycles. The monoisotopic (exact) mass is 456 g/mol. The number of alkyl halides is 3. The van der Waals surface area contributed by atoms with E-state index in [9.17, 15) is 18.0 Å². The predicted molar refractivity (Wildman–Crippen MR) is 115 cm³/mol. The van der Waals surface area contributed by atoms with Crippen LogP contribution in [0.5, 0.6) is 0 Å². The highest BCUT2D eigenvalue weighted by Crippen LogP contribution is 2.36. The minimum atomic E-state index is -4.72. The first-order chi connectivity index (χ1) is 15.3. The van der Waals surface area contributed by atoms with E-state index in [1.807, 2.05) is 24.3 Å².